The second-order valence-electron chi connectivity index (χ2n) is 7.62. The molecule has 7 heteroatoms. The molecular formula is C19H23NO5S. The third-order valence-electron chi connectivity index (χ3n) is 5.73. The van der Waals surface area contributed by atoms with Gasteiger partial charge in [0.1, 0.15) is 18.1 Å². The Morgan fingerprint density at radius 3 is 2.73 bits per heavy atom. The van der Waals surface area contributed by atoms with Crippen LogP contribution in [0, 0.1) is 6.92 Å². The highest BCUT2D eigenvalue weighted by atomic mass is 32.2. The molecule has 0 bridgehead atoms. The van der Waals surface area contributed by atoms with Gasteiger partial charge in [-0.1, -0.05) is 6.92 Å². The van der Waals surface area contributed by atoms with Crippen LogP contribution in [0.25, 0.3) is 11.0 Å². The van der Waals surface area contributed by atoms with Gasteiger partial charge in [-0.3, -0.25) is 4.90 Å². The van der Waals surface area contributed by atoms with Crippen molar-refractivity contribution in [3.05, 3.63) is 39.2 Å². The summed E-state index contributed by atoms with van der Waals surface area (Å²) in [5, 5.41) is 0.929. The summed E-state index contributed by atoms with van der Waals surface area (Å²) < 4.78 is 35.4. The van der Waals surface area contributed by atoms with E-state index in [9.17, 15) is 13.2 Å². The molecule has 1 fully saturated rings. The van der Waals surface area contributed by atoms with Crippen LogP contribution < -0.4 is 10.4 Å². The average molecular weight is 377 g/mol. The van der Waals surface area contributed by atoms with Crippen LogP contribution in [-0.4, -0.2) is 37.1 Å². The van der Waals surface area contributed by atoms with Gasteiger partial charge in [0.2, 0.25) is 0 Å². The van der Waals surface area contributed by atoms with Gasteiger partial charge in [0.15, 0.2) is 9.84 Å². The fourth-order valence-corrected chi connectivity index (χ4v) is 6.34. The van der Waals surface area contributed by atoms with E-state index in [4.69, 9.17) is 9.15 Å². The van der Waals surface area contributed by atoms with Crippen molar-refractivity contribution in [3.63, 3.8) is 0 Å². The molecule has 26 heavy (non-hydrogen) atoms. The standard InChI is InChI=1S/C19H23NO5S/c1-4-13-8-16(21)25-18-12(2)17-14(7-15(13)18)9-20(11-24-17)19(3)5-6-26(22,23)10-19/h7-8H,4-6,9-11H2,1-3H3/t19-/m1/s1. The van der Waals surface area contributed by atoms with Crippen molar-refractivity contribution in [2.45, 2.75) is 45.7 Å². The second-order valence-corrected chi connectivity index (χ2v) is 9.81. The highest BCUT2D eigenvalue weighted by Gasteiger charge is 2.44. The number of fused-ring (bicyclic) bond motifs is 2. The zero-order valence-corrected chi connectivity index (χ0v) is 16.1. The first kappa shape index (κ1) is 17.5. The third kappa shape index (κ3) is 2.74. The first-order valence-corrected chi connectivity index (χ1v) is 10.7. The number of ether oxygens (including phenoxy) is 1. The van der Waals surface area contributed by atoms with E-state index < -0.39 is 15.4 Å². The van der Waals surface area contributed by atoms with E-state index in [-0.39, 0.29) is 17.1 Å². The molecular weight excluding hydrogens is 354 g/mol. The SMILES string of the molecule is CCc1cc(=O)oc2c(C)c3c(cc12)CN([C@]1(C)CCS(=O)(=O)C1)CO3. The lowest BCUT2D eigenvalue weighted by molar-refractivity contribution is 0.0157. The number of nitrogens with zero attached hydrogens (tertiary/aromatic N) is 1. The minimum atomic E-state index is -2.99. The largest absolute Gasteiger partial charge is 0.477 e. The predicted octanol–water partition coefficient (Wildman–Crippen LogP) is 2.39. The van der Waals surface area contributed by atoms with Gasteiger partial charge >= 0.3 is 5.63 Å². The fourth-order valence-electron chi connectivity index (χ4n) is 4.17. The molecule has 2 aliphatic heterocycles. The summed E-state index contributed by atoms with van der Waals surface area (Å²) in [6.07, 6.45) is 1.36. The number of hydrogen-bond donors (Lipinski definition) is 0. The van der Waals surface area contributed by atoms with Crippen LogP contribution in [0.1, 0.15) is 37.0 Å². The predicted molar refractivity (Wildman–Crippen MR) is 99.3 cm³/mol. The van der Waals surface area contributed by atoms with Crippen LogP contribution in [0.4, 0.5) is 0 Å². The Labute approximate surface area is 152 Å². The summed E-state index contributed by atoms with van der Waals surface area (Å²) in [5.74, 6) is 1.14. The molecule has 0 amide bonds. The van der Waals surface area contributed by atoms with Gasteiger partial charge in [0.25, 0.3) is 0 Å². The lowest BCUT2D eigenvalue weighted by Crippen LogP contribution is -2.50. The Bertz CT molecular complexity index is 1060. The van der Waals surface area contributed by atoms with Crippen LogP contribution in [0.3, 0.4) is 0 Å². The highest BCUT2D eigenvalue weighted by molar-refractivity contribution is 7.91. The number of benzene rings is 1. The molecule has 140 valence electrons. The van der Waals surface area contributed by atoms with Gasteiger partial charge in [-0.15, -0.1) is 0 Å². The van der Waals surface area contributed by atoms with Crippen LogP contribution in [0.5, 0.6) is 5.75 Å². The third-order valence-corrected chi connectivity index (χ3v) is 7.62. The molecule has 1 aromatic carbocycles. The van der Waals surface area contributed by atoms with Gasteiger partial charge < -0.3 is 9.15 Å². The smallest absolute Gasteiger partial charge is 0.336 e. The molecule has 0 radical (unpaired) electrons. The van der Waals surface area contributed by atoms with Crippen molar-refractivity contribution < 1.29 is 17.6 Å². The Morgan fingerprint density at radius 2 is 2.08 bits per heavy atom. The summed E-state index contributed by atoms with van der Waals surface area (Å²) in [7, 11) is -2.99. The maximum absolute atomic E-state index is 12.0. The quantitative estimate of drug-likeness (QED) is 0.748. The lowest BCUT2D eigenvalue weighted by Gasteiger charge is -2.40. The first-order chi connectivity index (χ1) is 12.2. The fraction of sp³-hybridized carbons (Fsp3) is 0.526. The molecule has 0 unspecified atom stereocenters. The molecule has 0 saturated carbocycles. The zero-order chi connectivity index (χ0) is 18.7. The van der Waals surface area contributed by atoms with Gasteiger partial charge in [-0.2, -0.15) is 0 Å². The summed E-state index contributed by atoms with van der Waals surface area (Å²) in [6, 6.07) is 3.57. The van der Waals surface area contributed by atoms with Crippen molar-refractivity contribution in [2.75, 3.05) is 18.2 Å². The molecule has 2 aliphatic rings. The van der Waals surface area contributed by atoms with Crippen molar-refractivity contribution in [1.82, 2.24) is 4.90 Å². The highest BCUT2D eigenvalue weighted by Crippen LogP contribution is 2.39. The molecule has 1 saturated heterocycles. The summed E-state index contributed by atoms with van der Waals surface area (Å²) >= 11 is 0. The zero-order valence-electron chi connectivity index (χ0n) is 15.3. The lowest BCUT2D eigenvalue weighted by atomic mass is 9.95. The van der Waals surface area contributed by atoms with Crippen molar-refractivity contribution in [3.8, 4) is 5.75 Å². The van der Waals surface area contributed by atoms with E-state index in [1.54, 1.807) is 6.07 Å². The molecule has 6 nitrogen and oxygen atoms in total. The van der Waals surface area contributed by atoms with E-state index in [1.807, 2.05) is 26.8 Å². The van der Waals surface area contributed by atoms with Crippen molar-refractivity contribution >= 4 is 20.8 Å². The summed E-state index contributed by atoms with van der Waals surface area (Å²) in [5.41, 5.74) is 2.61. The van der Waals surface area contributed by atoms with Crippen molar-refractivity contribution in [2.24, 2.45) is 0 Å². The Morgan fingerprint density at radius 1 is 1.31 bits per heavy atom. The molecule has 0 aliphatic carbocycles. The summed E-state index contributed by atoms with van der Waals surface area (Å²) in [6.45, 7) is 6.87. The summed E-state index contributed by atoms with van der Waals surface area (Å²) in [4.78, 5) is 13.9. The van der Waals surface area contributed by atoms with Crippen LogP contribution in [-0.2, 0) is 22.8 Å². The van der Waals surface area contributed by atoms with E-state index in [0.29, 0.717) is 25.3 Å². The first-order valence-electron chi connectivity index (χ1n) is 8.90. The van der Waals surface area contributed by atoms with Crippen LogP contribution in [0.15, 0.2) is 21.3 Å². The number of hydrogen-bond acceptors (Lipinski definition) is 6. The molecule has 4 rings (SSSR count). The Kier molecular flexibility index (Phi) is 3.93. The number of aryl methyl sites for hydroxylation is 2. The van der Waals surface area contributed by atoms with Crippen LogP contribution in [0.2, 0.25) is 0 Å². The van der Waals surface area contributed by atoms with Crippen molar-refractivity contribution in [1.29, 1.82) is 0 Å². The maximum atomic E-state index is 12.0. The maximum Gasteiger partial charge on any atom is 0.336 e. The van der Waals surface area contributed by atoms with Gasteiger partial charge in [-0.25, -0.2) is 13.2 Å². The van der Waals surface area contributed by atoms with Gasteiger partial charge in [-0.05, 0) is 38.3 Å². The van der Waals surface area contributed by atoms with Gasteiger partial charge in [0.05, 0.1) is 11.5 Å². The minimum Gasteiger partial charge on any atom is -0.477 e. The molecule has 1 atom stereocenters. The molecule has 2 aromatic rings. The molecule has 1 aromatic heterocycles. The Balaban J connectivity index is 1.79. The monoisotopic (exact) mass is 377 g/mol. The van der Waals surface area contributed by atoms with E-state index in [0.717, 1.165) is 34.2 Å². The number of rotatable bonds is 2. The van der Waals surface area contributed by atoms with Gasteiger partial charge in [0, 0.05) is 34.7 Å². The van der Waals surface area contributed by atoms with Crippen LogP contribution >= 0.6 is 0 Å². The molecule has 3 heterocycles. The topological polar surface area (TPSA) is 76.8 Å². The van der Waals surface area contributed by atoms with E-state index in [1.165, 1.54) is 0 Å². The molecule has 0 N–H and O–H groups in total. The van der Waals surface area contributed by atoms with E-state index in [2.05, 4.69) is 4.90 Å². The average Bonchev–Trinajstić information content (AvgIpc) is 2.89. The Hall–Kier alpha value is -1.86. The number of sulfone groups is 1. The normalized spacial score (nSPS) is 25.2. The minimum absolute atomic E-state index is 0.167. The molecule has 0 spiro atoms. The van der Waals surface area contributed by atoms with E-state index >= 15 is 0 Å². The second kappa shape index (κ2) is 5.82.